The summed E-state index contributed by atoms with van der Waals surface area (Å²) in [7, 11) is 0. The zero-order valence-electron chi connectivity index (χ0n) is 17.0. The lowest BCUT2D eigenvalue weighted by atomic mass is 9.81. The summed E-state index contributed by atoms with van der Waals surface area (Å²) in [6, 6.07) is 7.21. The maximum atomic E-state index is 13.2. The number of hydrogen-bond donors (Lipinski definition) is 2. The Kier molecular flexibility index (Phi) is 6.76. The average Bonchev–Trinajstić information content (AvgIpc) is 3.15. The van der Waals surface area contributed by atoms with E-state index in [0.29, 0.717) is 30.4 Å². The molecule has 0 aromatic heterocycles. The Morgan fingerprint density at radius 2 is 1.89 bits per heavy atom. The highest BCUT2D eigenvalue weighted by molar-refractivity contribution is 5.97. The van der Waals surface area contributed by atoms with Gasteiger partial charge in [-0.25, -0.2) is 0 Å². The first-order chi connectivity index (χ1) is 13.5. The minimum absolute atomic E-state index is 0.0751. The molecule has 28 heavy (non-hydrogen) atoms. The summed E-state index contributed by atoms with van der Waals surface area (Å²) >= 11 is 0. The molecule has 1 aliphatic heterocycles. The fourth-order valence-corrected chi connectivity index (χ4v) is 4.28. The molecule has 0 unspecified atom stereocenters. The van der Waals surface area contributed by atoms with Crippen LogP contribution in [0.5, 0.6) is 5.75 Å². The summed E-state index contributed by atoms with van der Waals surface area (Å²) < 4.78 is 5.82. The van der Waals surface area contributed by atoms with Gasteiger partial charge in [0.05, 0.1) is 11.0 Å². The van der Waals surface area contributed by atoms with Gasteiger partial charge in [-0.2, -0.15) is 0 Å². The fraction of sp³-hybridized carbons (Fsp3) is 0.565. The number of carbonyl (C=O) groups is 2. The lowest BCUT2D eigenvalue weighted by Gasteiger charge is -2.30. The van der Waals surface area contributed by atoms with Gasteiger partial charge >= 0.3 is 0 Å². The highest BCUT2D eigenvalue weighted by Gasteiger charge is 2.40. The molecule has 0 bridgehead atoms. The van der Waals surface area contributed by atoms with Crippen LogP contribution in [0.2, 0.25) is 0 Å². The predicted octanol–water partition coefficient (Wildman–Crippen LogP) is 3.85. The maximum absolute atomic E-state index is 13.2. The van der Waals surface area contributed by atoms with Crippen LogP contribution in [0.1, 0.15) is 62.7 Å². The second kappa shape index (κ2) is 9.26. The fourth-order valence-electron chi connectivity index (χ4n) is 4.28. The number of fused-ring (bicyclic) bond motifs is 1. The molecule has 1 atom stereocenters. The second-order valence-electron chi connectivity index (χ2n) is 8.48. The van der Waals surface area contributed by atoms with E-state index in [-0.39, 0.29) is 23.3 Å². The van der Waals surface area contributed by atoms with Crippen molar-refractivity contribution in [2.75, 3.05) is 13.2 Å². The smallest absolute Gasteiger partial charge is 0.255 e. The van der Waals surface area contributed by atoms with Gasteiger partial charge in [0, 0.05) is 12.6 Å². The van der Waals surface area contributed by atoms with Crippen molar-refractivity contribution in [2.45, 2.75) is 58.4 Å². The lowest BCUT2D eigenvalue weighted by Crippen LogP contribution is -2.49. The van der Waals surface area contributed by atoms with E-state index >= 15 is 0 Å². The molecule has 1 spiro atoms. The Morgan fingerprint density at radius 1 is 1.14 bits per heavy atom. The van der Waals surface area contributed by atoms with E-state index in [9.17, 15) is 9.59 Å². The van der Waals surface area contributed by atoms with Crippen LogP contribution in [0.3, 0.4) is 0 Å². The van der Waals surface area contributed by atoms with Gasteiger partial charge in [-0.15, -0.1) is 0 Å². The maximum Gasteiger partial charge on any atom is 0.255 e. The van der Waals surface area contributed by atoms with Gasteiger partial charge in [0.1, 0.15) is 12.4 Å². The third-order valence-electron chi connectivity index (χ3n) is 5.78. The van der Waals surface area contributed by atoms with Crippen LogP contribution < -0.4 is 15.4 Å². The van der Waals surface area contributed by atoms with Crippen LogP contribution in [0, 0.1) is 11.3 Å². The summed E-state index contributed by atoms with van der Waals surface area (Å²) in [5, 5.41) is 6.26. The standard InChI is InChI=1S/C23H32N2O3/c1-17(2)15-18-16-24-21(26)19-9-3-4-10-20(19)28-14-8-7-13-23(22(27)25-18)11-5-6-12-23/h3-4,7-10,17-18H,5-6,11-16H2,1-2H3,(H,24,26)(H,25,27)/b8-7+/t18-/m0/s1. The van der Waals surface area contributed by atoms with E-state index < -0.39 is 0 Å². The summed E-state index contributed by atoms with van der Waals surface area (Å²) in [6.07, 6.45) is 9.63. The molecule has 1 saturated carbocycles. The average molecular weight is 385 g/mol. The van der Waals surface area contributed by atoms with E-state index in [1.54, 1.807) is 6.07 Å². The molecule has 2 amide bonds. The number of carbonyl (C=O) groups excluding carboxylic acids is 2. The normalized spacial score (nSPS) is 24.0. The molecule has 0 saturated heterocycles. The summed E-state index contributed by atoms with van der Waals surface area (Å²) in [5.41, 5.74) is 0.201. The van der Waals surface area contributed by atoms with Crippen LogP contribution in [-0.2, 0) is 4.79 Å². The SMILES string of the molecule is CC(C)C[C@H]1CNC(=O)c2ccccc2OC/C=C/CC2(CCCC2)C(=O)N1. The van der Waals surface area contributed by atoms with Crippen molar-refractivity contribution in [3.63, 3.8) is 0 Å². The van der Waals surface area contributed by atoms with Gasteiger partial charge in [-0.05, 0) is 43.7 Å². The minimum atomic E-state index is -0.322. The highest BCUT2D eigenvalue weighted by atomic mass is 16.5. The van der Waals surface area contributed by atoms with Crippen molar-refractivity contribution in [3.8, 4) is 5.75 Å². The predicted molar refractivity (Wildman–Crippen MR) is 110 cm³/mol. The summed E-state index contributed by atoms with van der Waals surface area (Å²) in [6.45, 7) is 5.08. The number of hydrogen-bond acceptors (Lipinski definition) is 3. The molecule has 0 radical (unpaired) electrons. The zero-order valence-corrected chi connectivity index (χ0v) is 17.0. The third-order valence-corrected chi connectivity index (χ3v) is 5.78. The van der Waals surface area contributed by atoms with Crippen LogP contribution in [0.25, 0.3) is 0 Å². The lowest BCUT2D eigenvalue weighted by molar-refractivity contribution is -0.131. The van der Waals surface area contributed by atoms with Gasteiger partial charge in [-0.3, -0.25) is 9.59 Å². The molecule has 2 aliphatic rings. The molecule has 1 heterocycles. The first-order valence-corrected chi connectivity index (χ1v) is 10.5. The number of para-hydroxylation sites is 1. The van der Waals surface area contributed by atoms with Crippen molar-refractivity contribution in [1.29, 1.82) is 0 Å². The van der Waals surface area contributed by atoms with Crippen molar-refractivity contribution in [3.05, 3.63) is 42.0 Å². The number of amides is 2. The van der Waals surface area contributed by atoms with E-state index in [2.05, 4.69) is 30.6 Å². The Hall–Kier alpha value is -2.30. The molecular weight excluding hydrogens is 352 g/mol. The molecule has 2 N–H and O–H groups in total. The summed E-state index contributed by atoms with van der Waals surface area (Å²) in [5.74, 6) is 0.973. The zero-order chi connectivity index (χ0) is 20.0. The molecule has 1 fully saturated rings. The molecule has 1 aromatic rings. The molecule has 5 heteroatoms. The number of benzene rings is 1. The van der Waals surface area contributed by atoms with Crippen LogP contribution in [0.4, 0.5) is 0 Å². The second-order valence-corrected chi connectivity index (χ2v) is 8.48. The monoisotopic (exact) mass is 384 g/mol. The number of rotatable bonds is 2. The minimum Gasteiger partial charge on any atom is -0.489 e. The Bertz CT molecular complexity index is 720. The van der Waals surface area contributed by atoms with E-state index in [1.807, 2.05) is 24.3 Å². The third kappa shape index (κ3) is 4.94. The first-order valence-electron chi connectivity index (χ1n) is 10.5. The first kappa shape index (κ1) is 20.4. The molecule has 5 nitrogen and oxygen atoms in total. The highest BCUT2D eigenvalue weighted by Crippen LogP contribution is 2.42. The summed E-state index contributed by atoms with van der Waals surface area (Å²) in [4.78, 5) is 25.9. The molecular formula is C23H32N2O3. The van der Waals surface area contributed by atoms with Crippen molar-refractivity contribution in [1.82, 2.24) is 10.6 Å². The topological polar surface area (TPSA) is 67.4 Å². The van der Waals surface area contributed by atoms with E-state index in [4.69, 9.17) is 4.74 Å². The van der Waals surface area contributed by atoms with Gasteiger partial charge in [0.25, 0.3) is 5.91 Å². The van der Waals surface area contributed by atoms with Crippen LogP contribution in [-0.4, -0.2) is 31.0 Å². The van der Waals surface area contributed by atoms with Gasteiger partial charge in [0.2, 0.25) is 5.91 Å². The molecule has 152 valence electrons. The van der Waals surface area contributed by atoms with Crippen molar-refractivity contribution in [2.24, 2.45) is 11.3 Å². The number of nitrogens with one attached hydrogen (secondary N) is 2. The van der Waals surface area contributed by atoms with Gasteiger partial charge in [0.15, 0.2) is 0 Å². The molecule has 1 aromatic carbocycles. The Morgan fingerprint density at radius 3 is 2.64 bits per heavy atom. The van der Waals surface area contributed by atoms with Crippen molar-refractivity contribution >= 4 is 11.8 Å². The largest absolute Gasteiger partial charge is 0.489 e. The Balaban J connectivity index is 1.85. The molecule has 3 rings (SSSR count). The van der Waals surface area contributed by atoms with Gasteiger partial charge < -0.3 is 15.4 Å². The van der Waals surface area contributed by atoms with Crippen LogP contribution in [0.15, 0.2) is 36.4 Å². The number of ether oxygens (including phenoxy) is 1. The number of allylic oxidation sites excluding steroid dienone is 1. The van der Waals surface area contributed by atoms with E-state index in [1.165, 1.54) is 0 Å². The quantitative estimate of drug-likeness (QED) is 0.761. The Labute approximate surface area is 167 Å². The van der Waals surface area contributed by atoms with Crippen LogP contribution >= 0.6 is 0 Å². The van der Waals surface area contributed by atoms with Gasteiger partial charge in [-0.1, -0.05) is 51.0 Å². The molecule has 1 aliphatic carbocycles. The van der Waals surface area contributed by atoms with Crippen molar-refractivity contribution < 1.29 is 14.3 Å². The van der Waals surface area contributed by atoms with E-state index in [0.717, 1.165) is 38.5 Å².